The topological polar surface area (TPSA) is 65.2 Å². The molecule has 0 spiro atoms. The number of fused-ring (bicyclic) bond motifs is 9. The highest BCUT2D eigenvalue weighted by atomic mass is 16.3. The number of hydrogen-bond acceptors (Lipinski definition) is 5. The van der Waals surface area contributed by atoms with Gasteiger partial charge in [0.2, 0.25) is 0 Å². The number of para-hydroxylation sites is 2. The third-order valence-electron chi connectivity index (χ3n) is 10.0. The Hall–Kier alpha value is -6.98. The van der Waals surface area contributed by atoms with E-state index in [1.807, 2.05) is 42.5 Å². The van der Waals surface area contributed by atoms with Gasteiger partial charge in [-0.25, -0.2) is 9.97 Å². The van der Waals surface area contributed by atoms with E-state index >= 15 is 0 Å². The molecule has 0 atom stereocenters. The van der Waals surface area contributed by atoms with Crippen LogP contribution in [0.4, 0.5) is 0 Å². The Morgan fingerprint density at radius 1 is 0.314 bits per heavy atom. The molecule has 4 heterocycles. The average Bonchev–Trinajstić information content (AvgIpc) is 3.88. The summed E-state index contributed by atoms with van der Waals surface area (Å²) in [4.78, 5) is 9.44. The van der Waals surface area contributed by atoms with Crippen LogP contribution in [0.25, 0.3) is 111 Å². The Morgan fingerprint density at radius 3 is 1.35 bits per heavy atom. The van der Waals surface area contributed by atoms with Crippen LogP contribution in [0.15, 0.2) is 171 Å². The molecule has 0 aliphatic rings. The minimum absolute atomic E-state index is 0.674. The van der Waals surface area contributed by atoms with Crippen LogP contribution >= 0.6 is 0 Å². The Bertz CT molecular complexity index is 3160. The summed E-state index contributed by atoms with van der Waals surface area (Å²) in [5.41, 5.74) is 14.2. The maximum atomic E-state index is 6.49. The lowest BCUT2D eigenvalue weighted by atomic mass is 9.97. The third-order valence-corrected chi connectivity index (χ3v) is 10.0. The summed E-state index contributed by atoms with van der Waals surface area (Å²) in [6.45, 7) is 0. The van der Waals surface area contributed by atoms with Gasteiger partial charge in [-0.05, 0) is 94.0 Å². The molecule has 0 unspecified atom stereocenters. The van der Waals surface area contributed by atoms with Gasteiger partial charge < -0.3 is 13.3 Å². The lowest BCUT2D eigenvalue weighted by Crippen LogP contribution is -1.88. The zero-order chi connectivity index (χ0) is 33.5. The van der Waals surface area contributed by atoms with Gasteiger partial charge in [0.15, 0.2) is 5.58 Å². The third kappa shape index (κ3) is 4.42. The van der Waals surface area contributed by atoms with Crippen LogP contribution in [0.1, 0.15) is 0 Å². The average molecular weight is 655 g/mol. The molecule has 0 fully saturated rings. The predicted molar refractivity (Wildman–Crippen MR) is 206 cm³/mol. The van der Waals surface area contributed by atoms with E-state index in [1.54, 1.807) is 6.33 Å². The number of furan rings is 3. The highest BCUT2D eigenvalue weighted by molar-refractivity contribution is 6.09. The van der Waals surface area contributed by atoms with E-state index in [9.17, 15) is 0 Å². The van der Waals surface area contributed by atoms with Crippen molar-refractivity contribution in [3.8, 4) is 44.6 Å². The van der Waals surface area contributed by atoms with Crippen molar-refractivity contribution in [3.63, 3.8) is 0 Å². The van der Waals surface area contributed by atoms with Crippen LogP contribution in [0.2, 0.25) is 0 Å². The van der Waals surface area contributed by atoms with Crippen LogP contribution in [-0.2, 0) is 0 Å². The Labute approximate surface area is 291 Å². The monoisotopic (exact) mass is 654 g/mol. The molecule has 0 saturated carbocycles. The molecule has 0 N–H and O–H groups in total. The van der Waals surface area contributed by atoms with Gasteiger partial charge in [-0.3, -0.25) is 0 Å². The second kappa shape index (κ2) is 10.8. The van der Waals surface area contributed by atoms with Crippen molar-refractivity contribution in [2.45, 2.75) is 0 Å². The number of nitrogens with zero attached hydrogens (tertiary/aromatic N) is 2. The van der Waals surface area contributed by atoms with E-state index in [4.69, 9.17) is 23.2 Å². The van der Waals surface area contributed by atoms with Gasteiger partial charge in [0.05, 0.1) is 0 Å². The first kappa shape index (κ1) is 27.9. The summed E-state index contributed by atoms with van der Waals surface area (Å²) in [6, 6.07) is 52.5. The largest absolute Gasteiger partial charge is 0.456 e. The standard InChI is InChI=1S/C46H26N2O3/c1-3-13-39-34(11-1)36-23-30(15-18-41(36)49-39)27-7-5-8-28(21-27)32-17-20-43-38(25-32)45-46(51-43)44(47-26-48-45)33-10-6-9-29(22-33)31-16-19-42-37(24-31)35-12-2-4-14-40(35)50-42/h1-26H. The molecule has 0 radical (unpaired) electrons. The van der Waals surface area contributed by atoms with Crippen molar-refractivity contribution in [2.75, 3.05) is 0 Å². The van der Waals surface area contributed by atoms with E-state index < -0.39 is 0 Å². The molecule has 238 valence electrons. The minimum Gasteiger partial charge on any atom is -0.456 e. The molecule has 0 aliphatic heterocycles. The van der Waals surface area contributed by atoms with Crippen molar-refractivity contribution in [3.05, 3.63) is 158 Å². The summed E-state index contributed by atoms with van der Waals surface area (Å²) in [6.07, 6.45) is 1.63. The van der Waals surface area contributed by atoms with Gasteiger partial charge in [-0.1, -0.05) is 91.0 Å². The first-order valence-corrected chi connectivity index (χ1v) is 16.9. The van der Waals surface area contributed by atoms with E-state index in [2.05, 4.69) is 109 Å². The molecule has 11 rings (SSSR count). The molecule has 0 saturated heterocycles. The number of hydrogen-bond donors (Lipinski definition) is 0. The highest BCUT2D eigenvalue weighted by Gasteiger charge is 2.17. The molecule has 0 amide bonds. The summed E-state index contributed by atoms with van der Waals surface area (Å²) in [5.74, 6) is 0. The van der Waals surface area contributed by atoms with Crippen molar-refractivity contribution in [1.29, 1.82) is 0 Å². The zero-order valence-corrected chi connectivity index (χ0v) is 27.1. The Morgan fingerprint density at radius 2 is 0.765 bits per heavy atom. The maximum absolute atomic E-state index is 6.49. The summed E-state index contributed by atoms with van der Waals surface area (Å²) >= 11 is 0. The fourth-order valence-corrected chi connectivity index (χ4v) is 7.50. The molecule has 5 nitrogen and oxygen atoms in total. The van der Waals surface area contributed by atoms with Crippen molar-refractivity contribution in [1.82, 2.24) is 9.97 Å². The molecular weight excluding hydrogens is 629 g/mol. The maximum Gasteiger partial charge on any atom is 0.180 e. The van der Waals surface area contributed by atoms with Gasteiger partial charge in [0.25, 0.3) is 0 Å². The van der Waals surface area contributed by atoms with Crippen LogP contribution < -0.4 is 0 Å². The van der Waals surface area contributed by atoms with Crippen LogP contribution in [0, 0.1) is 0 Å². The molecule has 5 heteroatoms. The van der Waals surface area contributed by atoms with Gasteiger partial charge in [-0.2, -0.15) is 0 Å². The molecule has 0 aliphatic carbocycles. The molecule has 51 heavy (non-hydrogen) atoms. The number of benzene rings is 7. The second-order valence-electron chi connectivity index (χ2n) is 13.0. The smallest absolute Gasteiger partial charge is 0.180 e. The minimum atomic E-state index is 0.674. The summed E-state index contributed by atoms with van der Waals surface area (Å²) < 4.78 is 18.6. The van der Waals surface area contributed by atoms with Crippen LogP contribution in [-0.4, -0.2) is 9.97 Å². The molecule has 11 aromatic rings. The van der Waals surface area contributed by atoms with Crippen LogP contribution in [0.3, 0.4) is 0 Å². The van der Waals surface area contributed by atoms with Gasteiger partial charge in [0.1, 0.15) is 45.5 Å². The summed E-state index contributed by atoms with van der Waals surface area (Å²) in [5, 5.41) is 5.41. The first-order valence-electron chi connectivity index (χ1n) is 16.9. The zero-order valence-electron chi connectivity index (χ0n) is 27.1. The van der Waals surface area contributed by atoms with E-state index in [1.165, 1.54) is 0 Å². The second-order valence-corrected chi connectivity index (χ2v) is 13.0. The fraction of sp³-hybridized carbons (Fsp3) is 0. The molecule has 4 aromatic heterocycles. The summed E-state index contributed by atoms with van der Waals surface area (Å²) in [7, 11) is 0. The van der Waals surface area contributed by atoms with Crippen molar-refractivity contribution in [2.24, 2.45) is 0 Å². The van der Waals surface area contributed by atoms with Crippen molar-refractivity contribution >= 4 is 65.9 Å². The molecule has 7 aromatic carbocycles. The van der Waals surface area contributed by atoms with Crippen LogP contribution in [0.5, 0.6) is 0 Å². The van der Waals surface area contributed by atoms with E-state index in [0.29, 0.717) is 5.58 Å². The predicted octanol–water partition coefficient (Wildman–Crippen LogP) is 12.8. The SMILES string of the molecule is c1cc(-c2ccc3oc4ccccc4c3c2)cc(-c2ccc3oc4c(-c5cccc(-c6ccc7oc8ccccc8c7c6)c5)ncnc4c3c2)c1. The molecule has 0 bridgehead atoms. The number of aromatic nitrogens is 2. The number of rotatable bonds is 4. The quantitative estimate of drug-likeness (QED) is 0.189. The lowest BCUT2D eigenvalue weighted by Gasteiger charge is -2.07. The highest BCUT2D eigenvalue weighted by Crippen LogP contribution is 2.39. The van der Waals surface area contributed by atoms with Gasteiger partial charge in [0, 0.05) is 32.5 Å². The van der Waals surface area contributed by atoms with Gasteiger partial charge >= 0.3 is 0 Å². The molecular formula is C46H26N2O3. The normalized spacial score (nSPS) is 11.9. The van der Waals surface area contributed by atoms with Crippen molar-refractivity contribution < 1.29 is 13.3 Å². The Balaban J connectivity index is 0.975. The van der Waals surface area contributed by atoms with E-state index in [-0.39, 0.29) is 0 Å². The Kier molecular flexibility index (Phi) is 5.89. The van der Waals surface area contributed by atoms with E-state index in [0.717, 1.165) is 105 Å². The fourth-order valence-electron chi connectivity index (χ4n) is 7.50. The lowest BCUT2D eigenvalue weighted by molar-refractivity contribution is 0.667. The first-order chi connectivity index (χ1) is 25.2. The van der Waals surface area contributed by atoms with Gasteiger partial charge in [-0.15, -0.1) is 0 Å².